The number of carboxylic acid groups (broad SMARTS) is 1. The van der Waals surface area contributed by atoms with E-state index in [1.165, 1.54) is 0 Å². The maximum Gasteiger partial charge on any atom is 0.407 e. The molecule has 0 bridgehead atoms. The fourth-order valence-electron chi connectivity index (χ4n) is 3.70. The molecule has 0 saturated carbocycles. The van der Waals surface area contributed by atoms with Crippen LogP contribution in [-0.2, 0) is 30.3 Å². The Bertz CT molecular complexity index is 1050. The molecular formula is C28H43ClN4O7S. The Morgan fingerprint density at radius 1 is 0.927 bits per heavy atom. The Labute approximate surface area is 252 Å². The first-order valence-corrected chi connectivity index (χ1v) is 14.6. The van der Waals surface area contributed by atoms with Gasteiger partial charge in [-0.15, -0.1) is 0 Å². The highest BCUT2D eigenvalue weighted by atomic mass is 35.5. The number of carbonyl (C=O) groups excluding carboxylic acids is 4. The Kier molecular flexibility index (Phi) is 16.2. The molecule has 4 amide bonds. The molecule has 230 valence electrons. The summed E-state index contributed by atoms with van der Waals surface area (Å²) in [6.45, 7) is 9.73. The van der Waals surface area contributed by atoms with Crippen LogP contribution in [0.2, 0.25) is 5.02 Å². The molecule has 0 spiro atoms. The van der Waals surface area contributed by atoms with Crippen molar-refractivity contribution < 1.29 is 33.8 Å². The van der Waals surface area contributed by atoms with Crippen LogP contribution < -0.4 is 21.3 Å². The first-order chi connectivity index (χ1) is 19.2. The summed E-state index contributed by atoms with van der Waals surface area (Å²) >= 11 is 10.5. The number of aliphatic carboxylic acids is 1. The van der Waals surface area contributed by atoms with Gasteiger partial charge in [0.25, 0.3) is 0 Å². The van der Waals surface area contributed by atoms with Crippen molar-refractivity contribution in [3.05, 3.63) is 34.3 Å². The molecule has 13 heteroatoms. The number of alkyl carbamates (subject to hydrolysis) is 1. The van der Waals surface area contributed by atoms with E-state index in [4.69, 9.17) is 21.4 Å². The second-order valence-corrected chi connectivity index (χ2v) is 11.5. The zero-order chi connectivity index (χ0) is 31.1. The summed E-state index contributed by atoms with van der Waals surface area (Å²) in [5.74, 6) is -2.89. The number of thiol groups is 1. The quantitative estimate of drug-likeness (QED) is 0.147. The van der Waals surface area contributed by atoms with E-state index in [-0.39, 0.29) is 50.0 Å². The number of carboxylic acids is 1. The average Bonchev–Trinajstić information content (AvgIpc) is 2.88. The van der Waals surface area contributed by atoms with Gasteiger partial charge in [0.1, 0.15) is 18.1 Å². The van der Waals surface area contributed by atoms with Gasteiger partial charge in [0.2, 0.25) is 17.7 Å². The smallest absolute Gasteiger partial charge is 0.407 e. The minimum absolute atomic E-state index is 0.00961. The summed E-state index contributed by atoms with van der Waals surface area (Å²) in [5, 5.41) is 20.1. The molecule has 0 aliphatic heterocycles. The molecule has 0 radical (unpaired) electrons. The van der Waals surface area contributed by atoms with E-state index < -0.39 is 47.9 Å². The number of aryl methyl sites for hydroxylation is 1. The molecule has 3 unspecified atom stereocenters. The van der Waals surface area contributed by atoms with Gasteiger partial charge in [0.15, 0.2) is 0 Å². The van der Waals surface area contributed by atoms with Crippen molar-refractivity contribution in [3.8, 4) is 0 Å². The van der Waals surface area contributed by atoms with Crippen LogP contribution in [-0.4, -0.2) is 71.9 Å². The standard InChI is InChI=1S/C28H43ClN4O7S/c1-16(2)12-22(31-26(37)21(8-9-24(34)35)33-28(39)40-14-17(3)4)27(38)32-23(15-41)25(36)30-11-10-19-7-6-18(5)13-20(19)29/h6-7,13,16-17,21-23,41H,8-12,14-15H2,1-5H3,(H,30,36)(H,31,37)(H,32,38)(H,33,39)(H,34,35). The summed E-state index contributed by atoms with van der Waals surface area (Å²) in [5.41, 5.74) is 1.90. The lowest BCUT2D eigenvalue weighted by molar-refractivity contribution is -0.137. The molecule has 1 aromatic rings. The van der Waals surface area contributed by atoms with Gasteiger partial charge in [-0.3, -0.25) is 19.2 Å². The van der Waals surface area contributed by atoms with Gasteiger partial charge >= 0.3 is 12.1 Å². The van der Waals surface area contributed by atoms with Gasteiger partial charge in [-0.25, -0.2) is 4.79 Å². The van der Waals surface area contributed by atoms with Crippen LogP contribution in [0.15, 0.2) is 18.2 Å². The molecule has 41 heavy (non-hydrogen) atoms. The number of nitrogens with one attached hydrogen (secondary N) is 4. The van der Waals surface area contributed by atoms with Gasteiger partial charge in [-0.05, 0) is 55.2 Å². The lowest BCUT2D eigenvalue weighted by Gasteiger charge is -2.25. The van der Waals surface area contributed by atoms with Crippen LogP contribution in [0, 0.1) is 18.8 Å². The number of hydrogen-bond acceptors (Lipinski definition) is 7. The first kappa shape index (κ1) is 36.0. The van der Waals surface area contributed by atoms with Gasteiger partial charge in [0, 0.05) is 23.7 Å². The predicted molar refractivity (Wildman–Crippen MR) is 160 cm³/mol. The third-order valence-corrected chi connectivity index (χ3v) is 6.58. The average molecular weight is 615 g/mol. The minimum atomic E-state index is -1.24. The first-order valence-electron chi connectivity index (χ1n) is 13.6. The number of carbonyl (C=O) groups is 5. The van der Waals surface area contributed by atoms with E-state index in [0.29, 0.717) is 11.4 Å². The molecular weight excluding hydrogens is 572 g/mol. The highest BCUT2D eigenvalue weighted by Crippen LogP contribution is 2.17. The zero-order valence-electron chi connectivity index (χ0n) is 24.3. The van der Waals surface area contributed by atoms with Crippen molar-refractivity contribution in [3.63, 3.8) is 0 Å². The normalized spacial score (nSPS) is 13.2. The number of benzene rings is 1. The highest BCUT2D eigenvalue weighted by Gasteiger charge is 2.30. The molecule has 3 atom stereocenters. The summed E-state index contributed by atoms with van der Waals surface area (Å²) in [6.07, 6.45) is -0.741. The van der Waals surface area contributed by atoms with Crippen molar-refractivity contribution in [1.29, 1.82) is 0 Å². The molecule has 0 aromatic heterocycles. The van der Waals surface area contributed by atoms with Crippen LogP contribution in [0.25, 0.3) is 0 Å². The summed E-state index contributed by atoms with van der Waals surface area (Å²) in [6, 6.07) is 2.39. The van der Waals surface area contributed by atoms with Crippen molar-refractivity contribution in [2.75, 3.05) is 18.9 Å². The molecule has 0 aliphatic rings. The van der Waals surface area contributed by atoms with Crippen molar-refractivity contribution in [2.45, 2.75) is 78.4 Å². The van der Waals surface area contributed by atoms with E-state index in [9.17, 15) is 24.0 Å². The van der Waals surface area contributed by atoms with Crippen molar-refractivity contribution in [2.24, 2.45) is 11.8 Å². The van der Waals surface area contributed by atoms with E-state index >= 15 is 0 Å². The van der Waals surface area contributed by atoms with E-state index in [0.717, 1.165) is 11.1 Å². The predicted octanol–water partition coefficient (Wildman–Crippen LogP) is 2.87. The zero-order valence-corrected chi connectivity index (χ0v) is 25.9. The monoisotopic (exact) mass is 614 g/mol. The topological polar surface area (TPSA) is 163 Å². The second kappa shape index (κ2) is 18.4. The van der Waals surface area contributed by atoms with Crippen molar-refractivity contribution >= 4 is 54.0 Å². The van der Waals surface area contributed by atoms with Crippen LogP contribution in [0.1, 0.15) is 58.1 Å². The number of halogens is 1. The molecule has 1 rings (SSSR count). The number of ether oxygens (including phenoxy) is 1. The summed E-state index contributed by atoms with van der Waals surface area (Å²) < 4.78 is 5.06. The maximum absolute atomic E-state index is 13.2. The van der Waals surface area contributed by atoms with Crippen LogP contribution in [0.3, 0.4) is 0 Å². The molecule has 0 saturated heterocycles. The van der Waals surface area contributed by atoms with E-state index in [1.54, 1.807) is 0 Å². The number of amides is 4. The fourth-order valence-corrected chi connectivity index (χ4v) is 4.29. The SMILES string of the molecule is Cc1ccc(CCNC(=O)C(CS)NC(=O)C(CC(C)C)NC(=O)C(CCC(=O)O)NC(=O)OCC(C)C)c(Cl)c1. The lowest BCUT2D eigenvalue weighted by atomic mass is 10.0. The third kappa shape index (κ3) is 14.5. The van der Waals surface area contributed by atoms with Crippen molar-refractivity contribution in [1.82, 2.24) is 21.3 Å². The van der Waals surface area contributed by atoms with E-state index in [2.05, 4.69) is 33.9 Å². The highest BCUT2D eigenvalue weighted by molar-refractivity contribution is 7.80. The van der Waals surface area contributed by atoms with Crippen LogP contribution >= 0.6 is 24.2 Å². The Balaban J connectivity index is 2.87. The van der Waals surface area contributed by atoms with Gasteiger partial charge < -0.3 is 31.1 Å². The van der Waals surface area contributed by atoms with Gasteiger partial charge in [0.05, 0.1) is 6.61 Å². The third-order valence-electron chi connectivity index (χ3n) is 5.86. The largest absolute Gasteiger partial charge is 0.481 e. The molecule has 0 heterocycles. The van der Waals surface area contributed by atoms with Gasteiger partial charge in [-0.1, -0.05) is 51.4 Å². The van der Waals surface area contributed by atoms with Crippen LogP contribution in [0.5, 0.6) is 0 Å². The fraction of sp³-hybridized carbons (Fsp3) is 0.607. The van der Waals surface area contributed by atoms with Crippen LogP contribution in [0.4, 0.5) is 4.79 Å². The lowest BCUT2D eigenvalue weighted by Crippen LogP contribution is -2.57. The Morgan fingerprint density at radius 3 is 2.12 bits per heavy atom. The molecule has 5 N–H and O–H groups in total. The Hall–Kier alpha value is -2.99. The maximum atomic E-state index is 13.2. The molecule has 11 nitrogen and oxygen atoms in total. The number of hydrogen-bond donors (Lipinski definition) is 6. The van der Waals surface area contributed by atoms with E-state index in [1.807, 2.05) is 52.8 Å². The summed E-state index contributed by atoms with van der Waals surface area (Å²) in [4.78, 5) is 62.3. The Morgan fingerprint density at radius 2 is 1.56 bits per heavy atom. The summed E-state index contributed by atoms with van der Waals surface area (Å²) in [7, 11) is 0. The molecule has 0 aliphatic carbocycles. The number of rotatable bonds is 17. The second-order valence-electron chi connectivity index (χ2n) is 10.7. The molecule has 0 fully saturated rings. The van der Waals surface area contributed by atoms with Gasteiger partial charge in [-0.2, -0.15) is 12.6 Å². The molecule has 1 aromatic carbocycles. The minimum Gasteiger partial charge on any atom is -0.481 e.